The first-order chi connectivity index (χ1) is 6.34. The summed E-state index contributed by atoms with van der Waals surface area (Å²) in [6, 6.07) is 0. The molecule has 0 saturated carbocycles. The summed E-state index contributed by atoms with van der Waals surface area (Å²) in [7, 11) is 1.00. The average molecular weight is 186 g/mol. The molecule has 13 heavy (non-hydrogen) atoms. The lowest BCUT2D eigenvalue weighted by Gasteiger charge is -2.14. The molecule has 0 atom stereocenters. The van der Waals surface area contributed by atoms with E-state index in [1.165, 1.54) is 17.4 Å². The minimum absolute atomic E-state index is 0.963. The highest BCUT2D eigenvalue weighted by Gasteiger charge is 2.04. The van der Waals surface area contributed by atoms with Crippen molar-refractivity contribution in [1.82, 2.24) is 5.32 Å². The summed E-state index contributed by atoms with van der Waals surface area (Å²) in [4.78, 5) is 0. The van der Waals surface area contributed by atoms with E-state index in [9.17, 15) is 0 Å². The van der Waals surface area contributed by atoms with Crippen LogP contribution in [0.25, 0.3) is 0 Å². The summed E-state index contributed by atoms with van der Waals surface area (Å²) < 4.78 is 0. The van der Waals surface area contributed by atoms with Crippen molar-refractivity contribution in [3.05, 3.63) is 11.1 Å². The van der Waals surface area contributed by atoms with Crippen molar-refractivity contribution in [3.63, 3.8) is 0 Å². The summed E-state index contributed by atoms with van der Waals surface area (Å²) in [5.41, 5.74) is 2.52. The van der Waals surface area contributed by atoms with Gasteiger partial charge in [0.2, 0.25) is 0 Å². The van der Waals surface area contributed by atoms with E-state index < -0.39 is 0 Å². The molecule has 3 N–H and O–H groups in total. The average Bonchev–Trinajstić information content (AvgIpc) is 2.24. The van der Waals surface area contributed by atoms with Gasteiger partial charge in [0.25, 0.3) is 0 Å². The first kappa shape index (κ1) is 14.8. The van der Waals surface area contributed by atoms with Gasteiger partial charge < -0.3 is 15.8 Å². The molecule has 0 radical (unpaired) electrons. The van der Waals surface area contributed by atoms with Gasteiger partial charge in [-0.05, 0) is 25.5 Å². The monoisotopic (exact) mass is 186 g/mol. The van der Waals surface area contributed by atoms with E-state index in [0.717, 1.165) is 26.6 Å². The Morgan fingerprint density at radius 3 is 2.23 bits per heavy atom. The smallest absolute Gasteiger partial charge is 0.0319 e. The van der Waals surface area contributed by atoms with E-state index in [1.54, 1.807) is 0 Å². The lowest BCUT2D eigenvalue weighted by atomic mass is 10.0. The maximum absolute atomic E-state index is 7.02. The molecule has 0 aromatic heterocycles. The lowest BCUT2D eigenvalue weighted by molar-refractivity contribution is 0.399. The van der Waals surface area contributed by atoms with Crippen LogP contribution >= 0.6 is 0 Å². The van der Waals surface area contributed by atoms with Crippen LogP contribution in [0, 0.1) is 5.41 Å². The molecule has 3 nitrogen and oxygen atoms in total. The molecule has 0 saturated heterocycles. The molecule has 0 bridgehead atoms. The Morgan fingerprint density at radius 2 is 1.92 bits per heavy atom. The zero-order valence-electron chi connectivity index (χ0n) is 9.15. The van der Waals surface area contributed by atoms with E-state index in [4.69, 9.17) is 10.5 Å². The third kappa shape index (κ3) is 6.49. The van der Waals surface area contributed by atoms with Gasteiger partial charge in [-0.3, -0.25) is 0 Å². The topological polar surface area (TPSA) is 56.1 Å². The molecule has 0 aliphatic carbocycles. The highest BCUT2D eigenvalue weighted by atomic mass is 16.2. The van der Waals surface area contributed by atoms with Crippen molar-refractivity contribution in [2.75, 3.05) is 20.2 Å². The summed E-state index contributed by atoms with van der Waals surface area (Å²) in [5, 5.41) is 17.3. The Bertz CT molecular complexity index is 153. The quantitative estimate of drug-likeness (QED) is 0.545. The van der Waals surface area contributed by atoms with Crippen LogP contribution < -0.4 is 5.32 Å². The molecule has 1 rings (SSSR count). The minimum atomic E-state index is 0.963. The van der Waals surface area contributed by atoms with E-state index >= 15 is 0 Å². The number of rotatable bonds is 1. The predicted molar refractivity (Wildman–Crippen MR) is 58.5 cm³/mol. The molecule has 0 unspecified atom stereocenters. The fourth-order valence-electron chi connectivity index (χ4n) is 1.02. The minimum Gasteiger partial charge on any atom is -0.400 e. The number of aliphatic hydroxyl groups is 1. The predicted octanol–water partition coefficient (Wildman–Crippen LogP) is 1.58. The van der Waals surface area contributed by atoms with Gasteiger partial charge in [0.15, 0.2) is 0 Å². The van der Waals surface area contributed by atoms with Gasteiger partial charge in [-0.1, -0.05) is 19.4 Å². The molecular formula is C10H22N2O. The Morgan fingerprint density at radius 1 is 1.38 bits per heavy atom. The van der Waals surface area contributed by atoms with Crippen LogP contribution in [0.1, 0.15) is 27.2 Å². The van der Waals surface area contributed by atoms with Crippen LogP contribution in [0.3, 0.4) is 0 Å². The Hall–Kier alpha value is -0.670. The maximum atomic E-state index is 7.02. The molecule has 0 amide bonds. The molecular weight excluding hydrogens is 164 g/mol. The van der Waals surface area contributed by atoms with Crippen molar-refractivity contribution in [2.24, 2.45) is 0 Å². The first-order valence-corrected chi connectivity index (χ1v) is 4.69. The van der Waals surface area contributed by atoms with E-state index in [-0.39, 0.29) is 0 Å². The molecule has 0 aromatic rings. The SMILES string of the molecule is CC.CC1=C(C=N)CCNC1.CO. The fourth-order valence-corrected chi connectivity index (χ4v) is 1.02. The molecule has 1 aliphatic rings. The molecule has 0 aromatic carbocycles. The van der Waals surface area contributed by atoms with Crippen LogP contribution in [0.5, 0.6) is 0 Å². The number of nitrogens with one attached hydrogen (secondary N) is 2. The second-order valence-electron chi connectivity index (χ2n) is 2.38. The standard InChI is InChI=1S/C7H12N2.C2H6.CH4O/c1-6-5-9-3-2-7(6)4-8;2*1-2/h4,8-9H,2-3,5H2,1H3;1-2H3;2H,1H3. The van der Waals surface area contributed by atoms with Crippen LogP contribution in [-0.2, 0) is 0 Å². The largest absolute Gasteiger partial charge is 0.400 e. The van der Waals surface area contributed by atoms with Crippen molar-refractivity contribution >= 4 is 6.21 Å². The van der Waals surface area contributed by atoms with Gasteiger partial charge >= 0.3 is 0 Å². The molecule has 0 spiro atoms. The highest BCUT2D eigenvalue weighted by Crippen LogP contribution is 2.08. The summed E-state index contributed by atoms with van der Waals surface area (Å²) >= 11 is 0. The third-order valence-corrected chi connectivity index (χ3v) is 1.68. The summed E-state index contributed by atoms with van der Waals surface area (Å²) in [5.74, 6) is 0. The van der Waals surface area contributed by atoms with Gasteiger partial charge in [0.1, 0.15) is 0 Å². The van der Waals surface area contributed by atoms with Gasteiger partial charge in [-0.2, -0.15) is 0 Å². The molecule has 0 fully saturated rings. The fraction of sp³-hybridized carbons (Fsp3) is 0.700. The summed E-state index contributed by atoms with van der Waals surface area (Å²) in [6.07, 6.45) is 2.49. The molecule has 3 heteroatoms. The Kier molecular flexibility index (Phi) is 12.9. The molecule has 1 aliphatic heterocycles. The van der Waals surface area contributed by atoms with Crippen LogP contribution in [0.2, 0.25) is 0 Å². The van der Waals surface area contributed by atoms with Gasteiger partial charge in [-0.15, -0.1) is 0 Å². The molecule has 1 heterocycles. The van der Waals surface area contributed by atoms with Gasteiger partial charge in [-0.25, -0.2) is 0 Å². The van der Waals surface area contributed by atoms with Crippen LogP contribution in [0.4, 0.5) is 0 Å². The summed E-state index contributed by atoms with van der Waals surface area (Å²) in [6.45, 7) is 8.07. The van der Waals surface area contributed by atoms with Crippen molar-refractivity contribution in [1.29, 1.82) is 5.41 Å². The van der Waals surface area contributed by atoms with Crippen molar-refractivity contribution < 1.29 is 5.11 Å². The highest BCUT2D eigenvalue weighted by molar-refractivity contribution is 5.77. The number of hydrogen-bond donors (Lipinski definition) is 3. The Balaban J connectivity index is 0. The van der Waals surface area contributed by atoms with Crippen molar-refractivity contribution in [3.8, 4) is 0 Å². The van der Waals surface area contributed by atoms with E-state index in [0.29, 0.717) is 0 Å². The van der Waals surface area contributed by atoms with E-state index in [1.807, 2.05) is 13.8 Å². The van der Waals surface area contributed by atoms with E-state index in [2.05, 4.69) is 12.2 Å². The van der Waals surface area contributed by atoms with Crippen LogP contribution in [-0.4, -0.2) is 31.5 Å². The first-order valence-electron chi connectivity index (χ1n) is 4.69. The van der Waals surface area contributed by atoms with Crippen molar-refractivity contribution in [2.45, 2.75) is 27.2 Å². The molecule has 78 valence electrons. The second-order valence-corrected chi connectivity index (χ2v) is 2.38. The zero-order chi connectivity index (χ0) is 10.7. The number of hydrogen-bond acceptors (Lipinski definition) is 3. The second kappa shape index (κ2) is 11.3. The van der Waals surface area contributed by atoms with Crippen LogP contribution in [0.15, 0.2) is 11.1 Å². The normalized spacial score (nSPS) is 14.8. The zero-order valence-corrected chi connectivity index (χ0v) is 9.15. The maximum Gasteiger partial charge on any atom is 0.0319 e. The third-order valence-electron chi connectivity index (χ3n) is 1.68. The Labute approximate surface area is 81.4 Å². The lowest BCUT2D eigenvalue weighted by Crippen LogP contribution is -2.24. The van der Waals surface area contributed by atoms with Gasteiger partial charge in [0, 0.05) is 19.9 Å². The van der Waals surface area contributed by atoms with Gasteiger partial charge in [0.05, 0.1) is 0 Å². The number of aliphatic hydroxyl groups excluding tert-OH is 1.